The minimum atomic E-state index is -0.804. The molecule has 0 aromatic heterocycles. The number of hydrogen-bond acceptors (Lipinski definition) is 4. The standard InChI is InChI=1S/C12H14FN3O3/c13-10-7-9(16(18)19)3-4-11(10)15-12(17)6-8-2-1-5-14-8/h3-4,7-8,14H,1-2,5-6H2,(H,15,17). The summed E-state index contributed by atoms with van der Waals surface area (Å²) >= 11 is 0. The van der Waals surface area contributed by atoms with Gasteiger partial charge in [-0.05, 0) is 25.5 Å². The number of carbonyl (C=O) groups excluding carboxylic acids is 1. The summed E-state index contributed by atoms with van der Waals surface area (Å²) in [5, 5.41) is 16.1. The largest absolute Gasteiger partial charge is 0.324 e. The van der Waals surface area contributed by atoms with Crippen molar-refractivity contribution in [1.82, 2.24) is 5.32 Å². The van der Waals surface area contributed by atoms with Gasteiger partial charge in [-0.1, -0.05) is 0 Å². The Bertz CT molecular complexity index is 501. The van der Waals surface area contributed by atoms with Crippen molar-refractivity contribution in [2.45, 2.75) is 25.3 Å². The van der Waals surface area contributed by atoms with Gasteiger partial charge in [0.25, 0.3) is 5.69 Å². The summed E-state index contributed by atoms with van der Waals surface area (Å²) in [6.45, 7) is 0.893. The van der Waals surface area contributed by atoms with Crippen LogP contribution in [-0.2, 0) is 4.79 Å². The fourth-order valence-corrected chi connectivity index (χ4v) is 2.07. The number of non-ortho nitro benzene ring substituents is 1. The molecule has 1 amide bonds. The lowest BCUT2D eigenvalue weighted by atomic mass is 10.1. The van der Waals surface area contributed by atoms with Gasteiger partial charge in [0.05, 0.1) is 16.7 Å². The molecule has 1 aliphatic heterocycles. The maximum absolute atomic E-state index is 13.5. The summed E-state index contributed by atoms with van der Waals surface area (Å²) < 4.78 is 13.5. The second-order valence-electron chi connectivity index (χ2n) is 4.47. The second-order valence-corrected chi connectivity index (χ2v) is 4.47. The Morgan fingerprint density at radius 3 is 2.95 bits per heavy atom. The van der Waals surface area contributed by atoms with Gasteiger partial charge >= 0.3 is 0 Å². The summed E-state index contributed by atoms with van der Waals surface area (Å²) in [6, 6.07) is 3.28. The maximum atomic E-state index is 13.5. The van der Waals surface area contributed by atoms with Crippen LogP contribution in [0.2, 0.25) is 0 Å². The van der Waals surface area contributed by atoms with Gasteiger partial charge in [-0.2, -0.15) is 0 Å². The van der Waals surface area contributed by atoms with Crippen LogP contribution >= 0.6 is 0 Å². The highest BCUT2D eigenvalue weighted by Gasteiger charge is 2.19. The molecule has 0 radical (unpaired) electrons. The number of rotatable bonds is 4. The van der Waals surface area contributed by atoms with Gasteiger partial charge in [0.15, 0.2) is 5.82 Å². The monoisotopic (exact) mass is 267 g/mol. The van der Waals surface area contributed by atoms with Gasteiger partial charge in [-0.25, -0.2) is 4.39 Å². The van der Waals surface area contributed by atoms with E-state index >= 15 is 0 Å². The molecule has 7 heteroatoms. The molecule has 102 valence electrons. The van der Waals surface area contributed by atoms with Crippen LogP contribution < -0.4 is 10.6 Å². The molecular formula is C12H14FN3O3. The van der Waals surface area contributed by atoms with Crippen LogP contribution in [0.3, 0.4) is 0 Å². The molecule has 2 N–H and O–H groups in total. The molecular weight excluding hydrogens is 253 g/mol. The van der Waals surface area contributed by atoms with E-state index in [1.165, 1.54) is 6.07 Å². The third-order valence-corrected chi connectivity index (χ3v) is 3.03. The molecule has 0 spiro atoms. The predicted octanol–water partition coefficient (Wildman–Crippen LogP) is 1.81. The number of nitrogens with zero attached hydrogens (tertiary/aromatic N) is 1. The van der Waals surface area contributed by atoms with Crippen LogP contribution in [-0.4, -0.2) is 23.4 Å². The molecule has 0 saturated carbocycles. The first-order valence-electron chi connectivity index (χ1n) is 6.03. The molecule has 0 aliphatic carbocycles. The Morgan fingerprint density at radius 2 is 2.37 bits per heavy atom. The molecule has 19 heavy (non-hydrogen) atoms. The number of nitro benzene ring substituents is 1. The van der Waals surface area contributed by atoms with Crippen molar-refractivity contribution in [2.75, 3.05) is 11.9 Å². The number of nitrogens with one attached hydrogen (secondary N) is 2. The zero-order valence-corrected chi connectivity index (χ0v) is 10.2. The van der Waals surface area contributed by atoms with Gasteiger partial charge in [0.1, 0.15) is 0 Å². The van der Waals surface area contributed by atoms with E-state index in [0.717, 1.165) is 31.5 Å². The smallest absolute Gasteiger partial charge is 0.272 e. The van der Waals surface area contributed by atoms with Crippen molar-refractivity contribution in [2.24, 2.45) is 0 Å². The lowest BCUT2D eigenvalue weighted by Gasteiger charge is -2.10. The highest BCUT2D eigenvalue weighted by Crippen LogP contribution is 2.21. The number of carbonyl (C=O) groups is 1. The minimum Gasteiger partial charge on any atom is -0.324 e. The maximum Gasteiger partial charge on any atom is 0.272 e. The quantitative estimate of drug-likeness (QED) is 0.643. The fourth-order valence-electron chi connectivity index (χ4n) is 2.07. The van der Waals surface area contributed by atoms with E-state index in [-0.39, 0.29) is 29.7 Å². The average molecular weight is 267 g/mol. The average Bonchev–Trinajstić information content (AvgIpc) is 2.84. The van der Waals surface area contributed by atoms with Crippen LogP contribution in [0.25, 0.3) is 0 Å². The Labute approximate surface area is 109 Å². The zero-order chi connectivity index (χ0) is 13.8. The molecule has 1 saturated heterocycles. The van der Waals surface area contributed by atoms with Crippen molar-refractivity contribution in [3.8, 4) is 0 Å². The van der Waals surface area contributed by atoms with Gasteiger partial charge in [0, 0.05) is 18.5 Å². The number of halogens is 1. The zero-order valence-electron chi connectivity index (χ0n) is 10.2. The SMILES string of the molecule is O=C(CC1CCCN1)Nc1ccc([N+](=O)[O-])cc1F. The van der Waals surface area contributed by atoms with Crippen LogP contribution in [0, 0.1) is 15.9 Å². The molecule has 1 aliphatic rings. The molecule has 6 nitrogen and oxygen atoms in total. The topological polar surface area (TPSA) is 84.3 Å². The summed E-state index contributed by atoms with van der Waals surface area (Å²) in [6.07, 6.45) is 2.23. The lowest BCUT2D eigenvalue weighted by molar-refractivity contribution is -0.385. The van der Waals surface area contributed by atoms with E-state index in [4.69, 9.17) is 0 Å². The lowest BCUT2D eigenvalue weighted by Crippen LogP contribution is -2.27. The second kappa shape index (κ2) is 5.75. The third-order valence-electron chi connectivity index (χ3n) is 3.03. The van der Waals surface area contributed by atoms with E-state index in [9.17, 15) is 19.3 Å². The number of benzene rings is 1. The Morgan fingerprint density at radius 1 is 1.58 bits per heavy atom. The molecule has 1 fully saturated rings. The van der Waals surface area contributed by atoms with Crippen molar-refractivity contribution in [3.05, 3.63) is 34.1 Å². The van der Waals surface area contributed by atoms with E-state index in [2.05, 4.69) is 10.6 Å². The Kier molecular flexibility index (Phi) is 4.06. The van der Waals surface area contributed by atoms with E-state index in [0.29, 0.717) is 0 Å². The summed E-state index contributed by atoms with van der Waals surface area (Å²) in [5.41, 5.74) is -0.374. The molecule has 1 atom stereocenters. The van der Waals surface area contributed by atoms with Crippen LogP contribution in [0.15, 0.2) is 18.2 Å². The summed E-state index contributed by atoms with van der Waals surface area (Å²) in [5.74, 6) is -1.10. The summed E-state index contributed by atoms with van der Waals surface area (Å²) in [7, 11) is 0. The van der Waals surface area contributed by atoms with Gasteiger partial charge in [0.2, 0.25) is 5.91 Å². The minimum absolute atomic E-state index is 0.0337. The number of anilines is 1. The molecule has 1 aromatic rings. The first-order chi connectivity index (χ1) is 9.06. The molecule has 1 unspecified atom stereocenters. The third kappa shape index (κ3) is 3.47. The number of amides is 1. The summed E-state index contributed by atoms with van der Waals surface area (Å²) in [4.78, 5) is 21.5. The first kappa shape index (κ1) is 13.4. The van der Waals surface area contributed by atoms with E-state index < -0.39 is 10.7 Å². The number of hydrogen-bond donors (Lipinski definition) is 2. The van der Waals surface area contributed by atoms with Crippen LogP contribution in [0.4, 0.5) is 15.8 Å². The first-order valence-corrected chi connectivity index (χ1v) is 6.03. The molecule has 2 rings (SSSR count). The molecule has 1 aromatic carbocycles. The van der Waals surface area contributed by atoms with Crippen molar-refractivity contribution in [1.29, 1.82) is 0 Å². The predicted molar refractivity (Wildman–Crippen MR) is 67.3 cm³/mol. The number of nitro groups is 1. The molecule has 0 bridgehead atoms. The Hall–Kier alpha value is -2.02. The van der Waals surface area contributed by atoms with Crippen LogP contribution in [0.1, 0.15) is 19.3 Å². The van der Waals surface area contributed by atoms with Crippen LogP contribution in [0.5, 0.6) is 0 Å². The fraction of sp³-hybridized carbons (Fsp3) is 0.417. The van der Waals surface area contributed by atoms with Gasteiger partial charge < -0.3 is 10.6 Å². The highest BCUT2D eigenvalue weighted by molar-refractivity contribution is 5.91. The normalized spacial score (nSPS) is 18.3. The van der Waals surface area contributed by atoms with E-state index in [1.54, 1.807) is 0 Å². The van der Waals surface area contributed by atoms with E-state index in [1.807, 2.05) is 0 Å². The van der Waals surface area contributed by atoms with Crippen molar-refractivity contribution >= 4 is 17.3 Å². The molecule has 1 heterocycles. The van der Waals surface area contributed by atoms with Gasteiger partial charge in [-0.3, -0.25) is 14.9 Å². The van der Waals surface area contributed by atoms with Gasteiger partial charge in [-0.15, -0.1) is 0 Å². The highest BCUT2D eigenvalue weighted by atomic mass is 19.1. The van der Waals surface area contributed by atoms with Crippen molar-refractivity contribution in [3.63, 3.8) is 0 Å². The Balaban J connectivity index is 1.98. The van der Waals surface area contributed by atoms with Crippen molar-refractivity contribution < 1.29 is 14.1 Å².